The highest BCUT2D eigenvalue weighted by Crippen LogP contribution is 2.16. The van der Waals surface area contributed by atoms with Crippen molar-refractivity contribution in [2.75, 3.05) is 0 Å². The number of rotatable bonds is 20. The zero-order valence-corrected chi connectivity index (χ0v) is 17.8. The number of unbranched alkanes of at least 4 members (excludes halogenated alkanes) is 14. The number of nitrogens with two attached hydrogens (primary N) is 2. The van der Waals surface area contributed by atoms with Gasteiger partial charge < -0.3 is 16.6 Å². The van der Waals surface area contributed by atoms with E-state index < -0.39 is 29.6 Å². The number of ketones is 1. The number of carboxylic acids is 1. The highest BCUT2D eigenvalue weighted by atomic mass is 16.4. The molecule has 0 aliphatic heterocycles. The van der Waals surface area contributed by atoms with Crippen LogP contribution in [0.5, 0.6) is 0 Å². The molecule has 0 bridgehead atoms. The number of Topliss-reactive ketones (excluding diaryl/α,β-unsaturated/α-hetero) is 1. The van der Waals surface area contributed by atoms with E-state index in [0.717, 1.165) is 19.3 Å². The molecule has 0 aromatic rings. The first-order chi connectivity index (χ1) is 13.3. The molecule has 0 aromatic heterocycles. The maximum atomic E-state index is 12.1. The zero-order valence-electron chi connectivity index (χ0n) is 17.8. The van der Waals surface area contributed by atoms with Crippen LogP contribution in [0.2, 0.25) is 0 Å². The molecule has 6 nitrogen and oxygen atoms in total. The molecule has 5 N–H and O–H groups in total. The average Bonchev–Trinajstić information content (AvgIpc) is 2.63. The lowest BCUT2D eigenvalue weighted by atomic mass is 9.88. The van der Waals surface area contributed by atoms with E-state index in [1.807, 2.05) is 0 Å². The number of carboxylic acid groups (broad SMARTS) is 1. The van der Waals surface area contributed by atoms with Gasteiger partial charge in [0.25, 0.3) is 0 Å². The van der Waals surface area contributed by atoms with Gasteiger partial charge in [-0.1, -0.05) is 96.8 Å². The van der Waals surface area contributed by atoms with E-state index in [-0.39, 0.29) is 6.42 Å². The molecule has 0 heterocycles. The van der Waals surface area contributed by atoms with Crippen LogP contribution in [0, 0.1) is 0 Å². The molecule has 0 saturated carbocycles. The van der Waals surface area contributed by atoms with Crippen LogP contribution in [0.3, 0.4) is 0 Å². The summed E-state index contributed by atoms with van der Waals surface area (Å²) < 4.78 is 0. The molecule has 6 heteroatoms. The molecule has 0 aromatic carbocycles. The first-order valence-corrected chi connectivity index (χ1v) is 11.2. The molecule has 1 amide bonds. The minimum absolute atomic E-state index is 0.0777. The fourth-order valence-corrected chi connectivity index (χ4v) is 3.45. The molecule has 0 spiro atoms. The number of hydrogen-bond acceptors (Lipinski definition) is 4. The highest BCUT2D eigenvalue weighted by molar-refractivity contribution is 6.10. The lowest BCUT2D eigenvalue weighted by Crippen LogP contribution is -2.57. The Labute approximate surface area is 170 Å². The third kappa shape index (κ3) is 12.9. The summed E-state index contributed by atoms with van der Waals surface area (Å²) in [4.78, 5) is 34.2. The van der Waals surface area contributed by atoms with Gasteiger partial charge in [0.05, 0.1) is 6.42 Å². The Morgan fingerprint density at radius 3 is 1.39 bits per heavy atom. The summed E-state index contributed by atoms with van der Waals surface area (Å²) in [5.74, 6) is -2.99. The monoisotopic (exact) mass is 398 g/mol. The standard InChI is InChI=1S/C22H42N2O4/c1-2-3-4-5-6-7-8-9-10-11-12-13-14-15-16-17-19(25)22(24,21(27)28)18-20(23)26/h2-18,24H2,1H3,(H2,23,26)(H,27,28). The summed E-state index contributed by atoms with van der Waals surface area (Å²) in [6.07, 6.45) is 17.7. The number of hydrogen-bond donors (Lipinski definition) is 3. The van der Waals surface area contributed by atoms with Gasteiger partial charge in [-0.25, -0.2) is 4.79 Å². The van der Waals surface area contributed by atoms with Crippen molar-refractivity contribution in [2.24, 2.45) is 11.5 Å². The van der Waals surface area contributed by atoms with Gasteiger partial charge in [-0.3, -0.25) is 9.59 Å². The summed E-state index contributed by atoms with van der Waals surface area (Å²) in [5, 5.41) is 9.12. The van der Waals surface area contributed by atoms with Crippen LogP contribution in [0.4, 0.5) is 0 Å². The predicted octanol–water partition coefficient (Wildman–Crippen LogP) is 4.47. The van der Waals surface area contributed by atoms with E-state index >= 15 is 0 Å². The van der Waals surface area contributed by atoms with Crippen molar-refractivity contribution in [3.63, 3.8) is 0 Å². The summed E-state index contributed by atoms with van der Waals surface area (Å²) >= 11 is 0. The Hall–Kier alpha value is -1.43. The van der Waals surface area contributed by atoms with Crippen molar-refractivity contribution in [3.05, 3.63) is 0 Å². The molecule has 0 aliphatic rings. The van der Waals surface area contributed by atoms with E-state index in [9.17, 15) is 14.4 Å². The maximum absolute atomic E-state index is 12.1. The van der Waals surface area contributed by atoms with E-state index in [4.69, 9.17) is 16.6 Å². The van der Waals surface area contributed by atoms with Crippen LogP contribution in [0.25, 0.3) is 0 Å². The van der Waals surface area contributed by atoms with E-state index in [1.54, 1.807) is 0 Å². The third-order valence-corrected chi connectivity index (χ3v) is 5.34. The first kappa shape index (κ1) is 26.6. The number of amides is 1. The molecule has 28 heavy (non-hydrogen) atoms. The van der Waals surface area contributed by atoms with Crippen molar-refractivity contribution in [1.29, 1.82) is 0 Å². The van der Waals surface area contributed by atoms with Gasteiger partial charge in [-0.15, -0.1) is 0 Å². The second-order valence-corrected chi connectivity index (χ2v) is 8.04. The fourth-order valence-electron chi connectivity index (χ4n) is 3.45. The molecule has 164 valence electrons. The Bertz CT molecular complexity index is 454. The summed E-state index contributed by atoms with van der Waals surface area (Å²) in [7, 11) is 0. The van der Waals surface area contributed by atoms with Crippen molar-refractivity contribution in [1.82, 2.24) is 0 Å². The quantitative estimate of drug-likeness (QED) is 0.206. The van der Waals surface area contributed by atoms with Crippen molar-refractivity contribution < 1.29 is 19.5 Å². The third-order valence-electron chi connectivity index (χ3n) is 5.34. The van der Waals surface area contributed by atoms with E-state index in [0.29, 0.717) is 6.42 Å². The van der Waals surface area contributed by atoms with Crippen molar-refractivity contribution in [2.45, 2.75) is 122 Å². The largest absolute Gasteiger partial charge is 0.480 e. The fraction of sp³-hybridized carbons (Fsp3) is 0.864. The number of carbonyl (C=O) groups excluding carboxylic acids is 2. The minimum atomic E-state index is -2.18. The van der Waals surface area contributed by atoms with Crippen LogP contribution in [0.15, 0.2) is 0 Å². The molecule has 0 radical (unpaired) electrons. The lowest BCUT2D eigenvalue weighted by Gasteiger charge is -2.21. The summed E-state index contributed by atoms with van der Waals surface area (Å²) in [6, 6.07) is 0. The lowest BCUT2D eigenvalue weighted by molar-refractivity contribution is -0.150. The zero-order chi connectivity index (χ0) is 21.3. The highest BCUT2D eigenvalue weighted by Gasteiger charge is 2.42. The number of carbonyl (C=O) groups is 3. The van der Waals surface area contributed by atoms with Crippen LogP contribution < -0.4 is 11.5 Å². The molecule has 0 saturated heterocycles. The Balaban J connectivity index is 3.57. The van der Waals surface area contributed by atoms with Gasteiger partial charge in [0, 0.05) is 6.42 Å². The molecular weight excluding hydrogens is 356 g/mol. The first-order valence-electron chi connectivity index (χ1n) is 11.2. The summed E-state index contributed by atoms with van der Waals surface area (Å²) in [6.45, 7) is 2.25. The molecular formula is C22H42N2O4. The maximum Gasteiger partial charge on any atom is 0.332 e. The average molecular weight is 399 g/mol. The summed E-state index contributed by atoms with van der Waals surface area (Å²) in [5.41, 5.74) is 8.42. The number of aliphatic carboxylic acids is 1. The molecule has 0 aliphatic carbocycles. The topological polar surface area (TPSA) is 123 Å². The van der Waals surface area contributed by atoms with E-state index in [1.165, 1.54) is 70.6 Å². The predicted molar refractivity (Wildman–Crippen MR) is 113 cm³/mol. The van der Waals surface area contributed by atoms with Gasteiger partial charge in [-0.2, -0.15) is 0 Å². The van der Waals surface area contributed by atoms with Gasteiger partial charge in [-0.05, 0) is 6.42 Å². The van der Waals surface area contributed by atoms with Crippen LogP contribution in [-0.4, -0.2) is 28.3 Å². The van der Waals surface area contributed by atoms with Crippen LogP contribution in [-0.2, 0) is 14.4 Å². The van der Waals surface area contributed by atoms with Gasteiger partial charge in [0.1, 0.15) is 0 Å². The molecule has 0 fully saturated rings. The van der Waals surface area contributed by atoms with Crippen LogP contribution in [0.1, 0.15) is 116 Å². The van der Waals surface area contributed by atoms with E-state index in [2.05, 4.69) is 6.92 Å². The number of primary amides is 1. The second-order valence-electron chi connectivity index (χ2n) is 8.04. The van der Waals surface area contributed by atoms with Crippen molar-refractivity contribution >= 4 is 17.7 Å². The van der Waals surface area contributed by atoms with Gasteiger partial charge in [0.15, 0.2) is 11.3 Å². The second kappa shape index (κ2) is 16.5. The SMILES string of the molecule is CCCCCCCCCCCCCCCCCC(=O)C(N)(CC(N)=O)C(=O)O. The van der Waals surface area contributed by atoms with Crippen LogP contribution >= 0.6 is 0 Å². The Kier molecular flexibility index (Phi) is 15.7. The Morgan fingerprint density at radius 1 is 0.714 bits per heavy atom. The Morgan fingerprint density at radius 2 is 1.07 bits per heavy atom. The molecule has 1 unspecified atom stereocenters. The van der Waals surface area contributed by atoms with Gasteiger partial charge in [0.2, 0.25) is 5.91 Å². The molecule has 1 atom stereocenters. The van der Waals surface area contributed by atoms with Gasteiger partial charge >= 0.3 is 5.97 Å². The minimum Gasteiger partial charge on any atom is -0.480 e. The smallest absolute Gasteiger partial charge is 0.332 e. The van der Waals surface area contributed by atoms with Crippen molar-refractivity contribution in [3.8, 4) is 0 Å². The normalized spacial score (nSPS) is 13.2. The molecule has 0 rings (SSSR count).